The molecule has 0 aliphatic heterocycles. The van der Waals surface area contributed by atoms with E-state index in [-0.39, 0.29) is 11.9 Å². The van der Waals surface area contributed by atoms with E-state index in [1.807, 2.05) is 43.0 Å². The average Bonchev–Trinajstić information content (AvgIpc) is 2.28. The lowest BCUT2D eigenvalue weighted by molar-refractivity contribution is -0.120. The average molecular weight is 249 g/mol. The van der Waals surface area contributed by atoms with Crippen LogP contribution in [0.5, 0.6) is 0 Å². The minimum atomic E-state index is 0.0294. The molecule has 0 atom stereocenters. The van der Waals surface area contributed by atoms with Crippen LogP contribution in [0.15, 0.2) is 24.3 Å². The highest BCUT2D eigenvalue weighted by atomic mass is 16.2. The van der Waals surface area contributed by atoms with Crippen LogP contribution in [-0.4, -0.2) is 25.0 Å². The van der Waals surface area contributed by atoms with Crippen molar-refractivity contribution in [3.8, 4) is 0 Å². The number of carbonyl (C=O) groups excluding carboxylic acids is 1. The summed E-state index contributed by atoms with van der Waals surface area (Å²) in [5.41, 5.74) is 7.60. The highest BCUT2D eigenvalue weighted by Crippen LogP contribution is 2.22. The van der Waals surface area contributed by atoms with E-state index < -0.39 is 0 Å². The first-order valence-corrected chi connectivity index (χ1v) is 6.43. The lowest BCUT2D eigenvalue weighted by Gasteiger charge is -2.25. The first-order chi connectivity index (χ1) is 8.54. The molecule has 0 aliphatic carbocycles. The first-order valence-electron chi connectivity index (χ1n) is 6.43. The second-order valence-corrected chi connectivity index (χ2v) is 4.70. The lowest BCUT2D eigenvalue weighted by Crippen LogP contribution is -2.40. The van der Waals surface area contributed by atoms with Crippen LogP contribution in [0.3, 0.4) is 0 Å². The SMILES string of the molecule is CCCN(CC(=O)NC(C)C)c1ccccc1N. The fourth-order valence-corrected chi connectivity index (χ4v) is 1.87. The number of benzene rings is 1. The third kappa shape index (κ3) is 4.28. The summed E-state index contributed by atoms with van der Waals surface area (Å²) < 4.78 is 0. The number of para-hydroxylation sites is 2. The molecule has 0 fully saturated rings. The number of amides is 1. The Bertz CT molecular complexity index is 390. The maximum absolute atomic E-state index is 11.8. The van der Waals surface area contributed by atoms with Crippen molar-refractivity contribution in [1.82, 2.24) is 5.32 Å². The quantitative estimate of drug-likeness (QED) is 0.758. The molecule has 0 bridgehead atoms. The summed E-state index contributed by atoms with van der Waals surface area (Å²) >= 11 is 0. The number of nitrogens with zero attached hydrogens (tertiary/aromatic N) is 1. The zero-order valence-corrected chi connectivity index (χ0v) is 11.4. The van der Waals surface area contributed by atoms with Gasteiger partial charge in [0.2, 0.25) is 5.91 Å². The van der Waals surface area contributed by atoms with Crippen LogP contribution in [0.4, 0.5) is 11.4 Å². The van der Waals surface area contributed by atoms with E-state index in [0.29, 0.717) is 12.2 Å². The van der Waals surface area contributed by atoms with Crippen molar-refractivity contribution in [2.24, 2.45) is 0 Å². The topological polar surface area (TPSA) is 58.4 Å². The summed E-state index contributed by atoms with van der Waals surface area (Å²) in [5, 5.41) is 2.90. The van der Waals surface area contributed by atoms with Gasteiger partial charge in [0.1, 0.15) is 0 Å². The number of carbonyl (C=O) groups is 1. The highest BCUT2D eigenvalue weighted by Gasteiger charge is 2.13. The van der Waals surface area contributed by atoms with Gasteiger partial charge in [-0.2, -0.15) is 0 Å². The van der Waals surface area contributed by atoms with Gasteiger partial charge in [-0.3, -0.25) is 4.79 Å². The number of nitrogens with one attached hydrogen (secondary N) is 1. The fourth-order valence-electron chi connectivity index (χ4n) is 1.87. The molecule has 0 radical (unpaired) electrons. The number of nitrogen functional groups attached to an aromatic ring is 1. The monoisotopic (exact) mass is 249 g/mol. The van der Waals surface area contributed by atoms with Gasteiger partial charge in [0.05, 0.1) is 17.9 Å². The molecule has 100 valence electrons. The summed E-state index contributed by atoms with van der Waals surface area (Å²) in [5.74, 6) is 0.0294. The minimum absolute atomic E-state index is 0.0294. The Morgan fingerprint density at radius 1 is 1.39 bits per heavy atom. The van der Waals surface area contributed by atoms with Gasteiger partial charge < -0.3 is 16.0 Å². The first kappa shape index (κ1) is 14.4. The van der Waals surface area contributed by atoms with Gasteiger partial charge in [0.25, 0.3) is 0 Å². The van der Waals surface area contributed by atoms with Crippen LogP contribution in [0.25, 0.3) is 0 Å². The lowest BCUT2D eigenvalue weighted by atomic mass is 10.2. The highest BCUT2D eigenvalue weighted by molar-refractivity contribution is 5.83. The Balaban J connectivity index is 2.77. The van der Waals surface area contributed by atoms with Gasteiger partial charge in [0.15, 0.2) is 0 Å². The largest absolute Gasteiger partial charge is 0.397 e. The number of nitrogens with two attached hydrogens (primary N) is 1. The summed E-state index contributed by atoms with van der Waals surface area (Å²) in [4.78, 5) is 13.9. The molecule has 0 saturated carbocycles. The summed E-state index contributed by atoms with van der Waals surface area (Å²) in [6.45, 7) is 7.17. The molecule has 1 rings (SSSR count). The summed E-state index contributed by atoms with van der Waals surface area (Å²) in [7, 11) is 0. The molecule has 0 unspecified atom stereocenters. The van der Waals surface area contributed by atoms with E-state index in [0.717, 1.165) is 18.7 Å². The van der Waals surface area contributed by atoms with Crippen molar-refractivity contribution >= 4 is 17.3 Å². The zero-order chi connectivity index (χ0) is 13.5. The minimum Gasteiger partial charge on any atom is -0.397 e. The third-order valence-electron chi connectivity index (χ3n) is 2.56. The normalized spacial score (nSPS) is 10.4. The van der Waals surface area contributed by atoms with Gasteiger partial charge in [-0.05, 0) is 32.4 Å². The van der Waals surface area contributed by atoms with Gasteiger partial charge in [-0.25, -0.2) is 0 Å². The van der Waals surface area contributed by atoms with Crippen molar-refractivity contribution < 1.29 is 4.79 Å². The Morgan fingerprint density at radius 3 is 2.61 bits per heavy atom. The Kier molecular flexibility index (Phi) is 5.49. The Morgan fingerprint density at radius 2 is 2.06 bits per heavy atom. The van der Waals surface area contributed by atoms with Crippen molar-refractivity contribution in [3.63, 3.8) is 0 Å². The molecule has 4 nitrogen and oxygen atoms in total. The molecule has 3 N–H and O–H groups in total. The van der Waals surface area contributed by atoms with Crippen LogP contribution in [0, 0.1) is 0 Å². The maximum atomic E-state index is 11.8. The molecule has 1 aromatic carbocycles. The second-order valence-electron chi connectivity index (χ2n) is 4.70. The number of anilines is 2. The predicted octanol–water partition coefficient (Wildman–Crippen LogP) is 2.01. The Hall–Kier alpha value is -1.71. The van der Waals surface area contributed by atoms with Crippen molar-refractivity contribution in [1.29, 1.82) is 0 Å². The fraction of sp³-hybridized carbons (Fsp3) is 0.500. The standard InChI is InChI=1S/C14H23N3O/c1-4-9-17(10-14(18)16-11(2)3)13-8-6-5-7-12(13)15/h5-8,11H,4,9-10,15H2,1-3H3,(H,16,18). The van der Waals surface area contributed by atoms with Crippen LogP contribution in [-0.2, 0) is 4.79 Å². The zero-order valence-electron chi connectivity index (χ0n) is 11.4. The van der Waals surface area contributed by atoms with Crippen LogP contribution in [0.1, 0.15) is 27.2 Å². The number of hydrogen-bond donors (Lipinski definition) is 2. The molecule has 4 heteroatoms. The molecule has 0 aliphatic rings. The maximum Gasteiger partial charge on any atom is 0.239 e. The van der Waals surface area contributed by atoms with E-state index in [2.05, 4.69) is 12.2 Å². The molecule has 0 spiro atoms. The molecule has 18 heavy (non-hydrogen) atoms. The van der Waals surface area contributed by atoms with Crippen molar-refractivity contribution in [2.75, 3.05) is 23.7 Å². The van der Waals surface area contributed by atoms with Crippen LogP contribution in [0.2, 0.25) is 0 Å². The molecule has 0 aromatic heterocycles. The van der Waals surface area contributed by atoms with Gasteiger partial charge >= 0.3 is 0 Å². The molecular formula is C14H23N3O. The molecule has 1 aromatic rings. The van der Waals surface area contributed by atoms with E-state index in [9.17, 15) is 4.79 Å². The van der Waals surface area contributed by atoms with Crippen LogP contribution >= 0.6 is 0 Å². The van der Waals surface area contributed by atoms with E-state index in [1.165, 1.54) is 0 Å². The van der Waals surface area contributed by atoms with Crippen LogP contribution < -0.4 is 16.0 Å². The second kappa shape index (κ2) is 6.89. The Labute approximate surface area is 109 Å². The predicted molar refractivity (Wildman–Crippen MR) is 76.6 cm³/mol. The van der Waals surface area contributed by atoms with Crippen molar-refractivity contribution in [2.45, 2.75) is 33.2 Å². The van der Waals surface area contributed by atoms with E-state index >= 15 is 0 Å². The van der Waals surface area contributed by atoms with Gasteiger partial charge in [-0.15, -0.1) is 0 Å². The molecular weight excluding hydrogens is 226 g/mol. The number of hydrogen-bond acceptors (Lipinski definition) is 3. The third-order valence-corrected chi connectivity index (χ3v) is 2.56. The number of rotatable bonds is 6. The molecule has 0 saturated heterocycles. The summed E-state index contributed by atoms with van der Waals surface area (Å²) in [6, 6.07) is 7.81. The van der Waals surface area contributed by atoms with E-state index in [4.69, 9.17) is 5.73 Å². The van der Waals surface area contributed by atoms with Gasteiger partial charge in [-0.1, -0.05) is 19.1 Å². The summed E-state index contributed by atoms with van der Waals surface area (Å²) in [6.07, 6.45) is 0.975. The smallest absolute Gasteiger partial charge is 0.239 e. The van der Waals surface area contributed by atoms with Crippen molar-refractivity contribution in [3.05, 3.63) is 24.3 Å². The molecule has 1 amide bonds. The van der Waals surface area contributed by atoms with Gasteiger partial charge in [0, 0.05) is 12.6 Å². The molecule has 0 heterocycles. The van der Waals surface area contributed by atoms with E-state index in [1.54, 1.807) is 0 Å².